The fraction of sp³-hybridized carbons (Fsp3) is 0.462. The van der Waals surface area contributed by atoms with Crippen LogP contribution in [0.3, 0.4) is 0 Å². The van der Waals surface area contributed by atoms with Gasteiger partial charge in [0.1, 0.15) is 12.2 Å². The predicted octanol–water partition coefficient (Wildman–Crippen LogP) is 5.53. The van der Waals surface area contributed by atoms with Crippen LogP contribution in [0, 0.1) is 5.92 Å². The number of carbonyl (C=O) groups is 3. The molecular weight excluding hydrogens is 620 g/mol. The minimum atomic E-state index is -1.15. The Morgan fingerprint density at radius 2 is 1.22 bits per heavy atom. The van der Waals surface area contributed by atoms with Gasteiger partial charge in [0.25, 0.3) is 0 Å². The maximum absolute atomic E-state index is 13.9. The SMILES string of the molecule is CC(C)C[C@H](NCCCNC(=O)OCc1ccccc1)C(=O)NC(Cc1ccccc1)C(O)C(Cc1ccccc1)NC(=O)OC(C)(C)C. The molecule has 4 atom stereocenters. The summed E-state index contributed by atoms with van der Waals surface area (Å²) in [6.45, 7) is 10.5. The summed E-state index contributed by atoms with van der Waals surface area (Å²) >= 11 is 0. The summed E-state index contributed by atoms with van der Waals surface area (Å²) in [5.74, 6) is -0.0360. The molecule has 0 heterocycles. The lowest BCUT2D eigenvalue weighted by molar-refractivity contribution is -0.125. The molecule has 0 aliphatic heterocycles. The maximum atomic E-state index is 13.9. The van der Waals surface area contributed by atoms with Gasteiger partial charge in [-0.1, -0.05) is 105 Å². The third-order valence-corrected chi connectivity index (χ3v) is 7.70. The second kappa shape index (κ2) is 20.2. The molecule has 0 aliphatic rings. The number of aliphatic hydroxyl groups excluding tert-OH is 1. The molecule has 0 radical (unpaired) electrons. The molecule has 0 aromatic heterocycles. The highest BCUT2D eigenvalue weighted by molar-refractivity contribution is 5.82. The van der Waals surface area contributed by atoms with E-state index in [-0.39, 0.29) is 18.4 Å². The molecule has 0 saturated heterocycles. The number of carbonyl (C=O) groups excluding carboxylic acids is 3. The van der Waals surface area contributed by atoms with Crippen molar-refractivity contribution >= 4 is 18.1 Å². The van der Waals surface area contributed by atoms with E-state index in [0.717, 1.165) is 16.7 Å². The number of rotatable bonds is 18. The van der Waals surface area contributed by atoms with Gasteiger partial charge in [-0.3, -0.25) is 4.79 Å². The Morgan fingerprint density at radius 3 is 1.73 bits per heavy atom. The first-order chi connectivity index (χ1) is 23.4. The number of amides is 3. The van der Waals surface area contributed by atoms with E-state index in [9.17, 15) is 19.5 Å². The van der Waals surface area contributed by atoms with Crippen LogP contribution in [0.25, 0.3) is 0 Å². The van der Waals surface area contributed by atoms with Crippen molar-refractivity contribution in [3.05, 3.63) is 108 Å². The molecule has 0 spiro atoms. The second-order valence-electron chi connectivity index (χ2n) is 13.7. The Hall–Kier alpha value is -4.41. The van der Waals surface area contributed by atoms with E-state index < -0.39 is 42.0 Å². The molecule has 0 saturated carbocycles. The molecule has 5 N–H and O–H groups in total. The number of ether oxygens (including phenoxy) is 2. The van der Waals surface area contributed by atoms with E-state index in [1.165, 1.54) is 0 Å². The number of nitrogens with one attached hydrogen (secondary N) is 4. The van der Waals surface area contributed by atoms with Gasteiger partial charge in [0.2, 0.25) is 5.91 Å². The molecule has 0 aliphatic carbocycles. The molecule has 3 rings (SSSR count). The van der Waals surface area contributed by atoms with Gasteiger partial charge in [-0.15, -0.1) is 0 Å². The van der Waals surface area contributed by atoms with E-state index in [1.54, 1.807) is 20.8 Å². The van der Waals surface area contributed by atoms with Crippen molar-refractivity contribution in [3.8, 4) is 0 Å². The molecule has 0 fully saturated rings. The lowest BCUT2D eigenvalue weighted by Gasteiger charge is -2.33. The molecule has 49 heavy (non-hydrogen) atoms. The smallest absolute Gasteiger partial charge is 0.407 e. The number of aliphatic hydroxyl groups is 1. The zero-order valence-corrected chi connectivity index (χ0v) is 29.5. The lowest BCUT2D eigenvalue weighted by Crippen LogP contribution is -2.58. The Morgan fingerprint density at radius 1 is 0.714 bits per heavy atom. The first-order valence-corrected chi connectivity index (χ1v) is 17.1. The molecule has 10 heteroatoms. The van der Waals surface area contributed by atoms with Crippen LogP contribution in [0.4, 0.5) is 9.59 Å². The van der Waals surface area contributed by atoms with Crippen molar-refractivity contribution in [2.45, 2.75) is 96.7 Å². The van der Waals surface area contributed by atoms with Crippen LogP contribution in [-0.4, -0.2) is 66.1 Å². The van der Waals surface area contributed by atoms with Gasteiger partial charge >= 0.3 is 12.2 Å². The zero-order valence-electron chi connectivity index (χ0n) is 29.5. The Balaban J connectivity index is 1.68. The zero-order chi connectivity index (χ0) is 35.6. The van der Waals surface area contributed by atoms with E-state index in [0.29, 0.717) is 38.8 Å². The van der Waals surface area contributed by atoms with E-state index >= 15 is 0 Å². The first-order valence-electron chi connectivity index (χ1n) is 17.1. The lowest BCUT2D eigenvalue weighted by atomic mass is 9.92. The summed E-state index contributed by atoms with van der Waals surface area (Å²) in [4.78, 5) is 38.9. The fourth-order valence-corrected chi connectivity index (χ4v) is 5.36. The van der Waals surface area contributed by atoms with Crippen molar-refractivity contribution in [3.63, 3.8) is 0 Å². The van der Waals surface area contributed by atoms with Gasteiger partial charge < -0.3 is 35.8 Å². The summed E-state index contributed by atoms with van der Waals surface area (Å²) in [5.41, 5.74) is 2.03. The van der Waals surface area contributed by atoms with Crippen LogP contribution in [0.1, 0.15) is 64.2 Å². The van der Waals surface area contributed by atoms with Gasteiger partial charge in [-0.2, -0.15) is 0 Å². The highest BCUT2D eigenvalue weighted by atomic mass is 16.6. The van der Waals surface area contributed by atoms with Crippen LogP contribution in [0.15, 0.2) is 91.0 Å². The summed E-state index contributed by atoms with van der Waals surface area (Å²) in [6, 6.07) is 26.7. The minimum absolute atomic E-state index is 0.192. The van der Waals surface area contributed by atoms with Crippen LogP contribution in [0.5, 0.6) is 0 Å². The summed E-state index contributed by atoms with van der Waals surface area (Å²) in [7, 11) is 0. The van der Waals surface area contributed by atoms with E-state index in [2.05, 4.69) is 21.3 Å². The molecular formula is C39H54N4O6. The van der Waals surface area contributed by atoms with E-state index in [4.69, 9.17) is 9.47 Å². The number of hydrogen-bond acceptors (Lipinski definition) is 7. The average Bonchev–Trinajstić information content (AvgIpc) is 3.06. The second-order valence-corrected chi connectivity index (χ2v) is 13.7. The van der Waals surface area contributed by atoms with Crippen molar-refractivity contribution < 1.29 is 29.0 Å². The highest BCUT2D eigenvalue weighted by Crippen LogP contribution is 2.16. The first kappa shape index (κ1) is 39.0. The van der Waals surface area contributed by atoms with Crippen LogP contribution in [-0.2, 0) is 33.7 Å². The molecule has 266 valence electrons. The molecule has 10 nitrogen and oxygen atoms in total. The third kappa shape index (κ3) is 15.6. The van der Waals surface area contributed by atoms with Crippen LogP contribution < -0.4 is 21.3 Å². The summed E-state index contributed by atoms with van der Waals surface area (Å²) in [5, 5.41) is 24.0. The topological polar surface area (TPSA) is 138 Å². The Kier molecular flexibility index (Phi) is 16.1. The van der Waals surface area contributed by atoms with Gasteiger partial charge in [0, 0.05) is 6.54 Å². The van der Waals surface area contributed by atoms with Gasteiger partial charge in [-0.25, -0.2) is 9.59 Å². The van der Waals surface area contributed by atoms with Gasteiger partial charge in [-0.05, 0) is 75.6 Å². The fourth-order valence-electron chi connectivity index (χ4n) is 5.36. The quantitative estimate of drug-likeness (QED) is 0.112. The largest absolute Gasteiger partial charge is 0.445 e. The Labute approximate surface area is 291 Å². The Bertz CT molecular complexity index is 1400. The number of alkyl carbamates (subject to hydrolysis) is 2. The number of benzene rings is 3. The maximum Gasteiger partial charge on any atom is 0.407 e. The van der Waals surface area contributed by atoms with Gasteiger partial charge in [0.05, 0.1) is 24.2 Å². The van der Waals surface area contributed by atoms with Crippen molar-refractivity contribution in [1.82, 2.24) is 21.3 Å². The number of hydrogen-bond donors (Lipinski definition) is 5. The monoisotopic (exact) mass is 674 g/mol. The molecule has 0 bridgehead atoms. The molecule has 3 aromatic carbocycles. The minimum Gasteiger partial charge on any atom is -0.445 e. The molecule has 3 aromatic rings. The van der Waals surface area contributed by atoms with Crippen molar-refractivity contribution in [1.29, 1.82) is 0 Å². The third-order valence-electron chi connectivity index (χ3n) is 7.70. The van der Waals surface area contributed by atoms with Gasteiger partial charge in [0.15, 0.2) is 0 Å². The summed E-state index contributed by atoms with van der Waals surface area (Å²) in [6.07, 6.45) is -0.469. The average molecular weight is 675 g/mol. The summed E-state index contributed by atoms with van der Waals surface area (Å²) < 4.78 is 10.8. The van der Waals surface area contributed by atoms with Crippen molar-refractivity contribution in [2.75, 3.05) is 13.1 Å². The van der Waals surface area contributed by atoms with Crippen LogP contribution >= 0.6 is 0 Å². The van der Waals surface area contributed by atoms with E-state index in [1.807, 2.05) is 105 Å². The standard InChI is InChI=1S/C39H54N4O6/c1-28(2)24-34(40-22-15-23-41-37(46)48-27-31-20-13-8-14-21-31)36(45)42-32(25-29-16-9-6-10-17-29)35(44)33(26-30-18-11-7-12-19-30)43-38(47)49-39(3,4)5/h6-14,16-21,28,32-35,40,44H,15,22-27H2,1-5H3,(H,41,46)(H,42,45)(H,43,47)/t32?,33?,34-,35?/m0/s1. The van der Waals surface area contributed by atoms with Crippen LogP contribution in [0.2, 0.25) is 0 Å². The molecule has 3 amide bonds. The highest BCUT2D eigenvalue weighted by Gasteiger charge is 2.33. The van der Waals surface area contributed by atoms with Crippen molar-refractivity contribution in [2.24, 2.45) is 5.92 Å². The normalized spacial score (nSPS) is 13.9. The molecule has 3 unspecified atom stereocenters. The predicted molar refractivity (Wildman–Crippen MR) is 192 cm³/mol.